The predicted molar refractivity (Wildman–Crippen MR) is 73.4 cm³/mol. The van der Waals surface area contributed by atoms with Crippen LogP contribution in [0.2, 0.25) is 0 Å². The van der Waals surface area contributed by atoms with Crippen LogP contribution in [-0.2, 0) is 19.1 Å². The molecule has 0 bridgehead atoms. The Morgan fingerprint density at radius 2 is 2.10 bits per heavy atom. The number of carbonyl (C=O) groups is 2. The molecular weight excluding hydrogens is 278 g/mol. The molecule has 7 heteroatoms. The van der Waals surface area contributed by atoms with Gasteiger partial charge in [0.05, 0.1) is 17.1 Å². The minimum absolute atomic E-state index is 0.104. The van der Waals surface area contributed by atoms with Crippen LogP contribution in [0, 0.1) is 10.1 Å². The van der Waals surface area contributed by atoms with Crippen molar-refractivity contribution in [2.75, 3.05) is 6.61 Å². The second kappa shape index (κ2) is 7.18. The lowest BCUT2D eigenvalue weighted by Crippen LogP contribution is -2.18. The topological polar surface area (TPSA) is 95.7 Å². The molecule has 21 heavy (non-hydrogen) atoms. The van der Waals surface area contributed by atoms with Gasteiger partial charge in [-0.1, -0.05) is 18.7 Å². The van der Waals surface area contributed by atoms with Crippen molar-refractivity contribution in [1.29, 1.82) is 0 Å². The van der Waals surface area contributed by atoms with Crippen molar-refractivity contribution in [3.05, 3.63) is 52.1 Å². The van der Waals surface area contributed by atoms with Crippen LogP contribution in [0.1, 0.15) is 25.5 Å². The van der Waals surface area contributed by atoms with Gasteiger partial charge in [0.15, 0.2) is 6.10 Å². The van der Waals surface area contributed by atoms with Gasteiger partial charge in [0, 0.05) is 24.6 Å². The van der Waals surface area contributed by atoms with Crippen molar-refractivity contribution in [3.8, 4) is 0 Å². The van der Waals surface area contributed by atoms with Gasteiger partial charge in [0.25, 0.3) is 5.69 Å². The number of rotatable bonds is 6. The zero-order valence-corrected chi connectivity index (χ0v) is 11.7. The van der Waals surface area contributed by atoms with Gasteiger partial charge in [0.1, 0.15) is 0 Å². The quantitative estimate of drug-likeness (QED) is 0.345. The second-order valence-electron chi connectivity index (χ2n) is 4.09. The summed E-state index contributed by atoms with van der Waals surface area (Å²) in [5.41, 5.74) is -0.00804. The molecule has 0 aliphatic heterocycles. The highest BCUT2D eigenvalue weighted by atomic mass is 16.6. The molecule has 0 aliphatic carbocycles. The largest absolute Gasteiger partial charge is 0.463 e. The smallest absolute Gasteiger partial charge is 0.337 e. The lowest BCUT2D eigenvalue weighted by Gasteiger charge is -2.18. The van der Waals surface area contributed by atoms with Gasteiger partial charge in [0.2, 0.25) is 0 Å². The first-order valence-corrected chi connectivity index (χ1v) is 6.14. The first-order chi connectivity index (χ1) is 9.86. The molecule has 0 N–H and O–H groups in total. The number of benzene rings is 1. The molecule has 0 spiro atoms. The number of carbonyl (C=O) groups excluding carboxylic acids is 2. The zero-order valence-electron chi connectivity index (χ0n) is 11.7. The van der Waals surface area contributed by atoms with Crippen LogP contribution < -0.4 is 0 Å². The third-order valence-corrected chi connectivity index (χ3v) is 2.52. The van der Waals surface area contributed by atoms with E-state index < -0.39 is 23.0 Å². The maximum Gasteiger partial charge on any atom is 0.337 e. The Morgan fingerprint density at radius 1 is 1.43 bits per heavy atom. The van der Waals surface area contributed by atoms with Gasteiger partial charge in [-0.3, -0.25) is 14.9 Å². The first kappa shape index (κ1) is 16.4. The minimum Gasteiger partial charge on any atom is -0.463 e. The number of hydrogen-bond acceptors (Lipinski definition) is 6. The van der Waals surface area contributed by atoms with Crippen molar-refractivity contribution >= 4 is 17.6 Å². The summed E-state index contributed by atoms with van der Waals surface area (Å²) in [6.45, 7) is 6.49. The number of nitrogens with zero attached hydrogens (tertiary/aromatic N) is 1. The van der Waals surface area contributed by atoms with E-state index in [4.69, 9.17) is 9.47 Å². The summed E-state index contributed by atoms with van der Waals surface area (Å²) in [5.74, 6) is -1.37. The van der Waals surface area contributed by atoms with Crippen molar-refractivity contribution in [1.82, 2.24) is 0 Å². The Bertz CT molecular complexity index is 581. The molecule has 0 aliphatic rings. The number of nitro groups is 1. The van der Waals surface area contributed by atoms with E-state index in [0.29, 0.717) is 0 Å². The van der Waals surface area contributed by atoms with E-state index in [-0.39, 0.29) is 23.4 Å². The Kier molecular flexibility index (Phi) is 5.59. The molecule has 0 radical (unpaired) electrons. The van der Waals surface area contributed by atoms with E-state index in [0.717, 1.165) is 0 Å². The van der Waals surface area contributed by atoms with E-state index >= 15 is 0 Å². The van der Waals surface area contributed by atoms with Crippen LogP contribution in [0.4, 0.5) is 5.69 Å². The number of esters is 2. The van der Waals surface area contributed by atoms with Gasteiger partial charge >= 0.3 is 11.9 Å². The fourth-order valence-corrected chi connectivity index (χ4v) is 1.64. The summed E-state index contributed by atoms with van der Waals surface area (Å²) >= 11 is 0. The minimum atomic E-state index is -1.12. The molecule has 1 aromatic carbocycles. The molecular formula is C14H15NO6. The lowest BCUT2D eigenvalue weighted by molar-refractivity contribution is -0.385. The lowest BCUT2D eigenvalue weighted by atomic mass is 10.0. The Morgan fingerprint density at radius 3 is 2.62 bits per heavy atom. The summed E-state index contributed by atoms with van der Waals surface area (Å²) in [7, 11) is 0. The molecule has 0 saturated carbocycles. The zero-order chi connectivity index (χ0) is 16.0. The highest BCUT2D eigenvalue weighted by molar-refractivity contribution is 5.89. The van der Waals surface area contributed by atoms with Crippen molar-refractivity contribution in [2.45, 2.75) is 20.0 Å². The van der Waals surface area contributed by atoms with Gasteiger partial charge in [-0.2, -0.15) is 0 Å². The molecule has 0 amide bonds. The average molecular weight is 293 g/mol. The third-order valence-electron chi connectivity index (χ3n) is 2.52. The molecule has 1 aromatic rings. The van der Waals surface area contributed by atoms with E-state index in [9.17, 15) is 19.7 Å². The molecule has 112 valence electrons. The van der Waals surface area contributed by atoms with Crippen LogP contribution in [0.15, 0.2) is 36.4 Å². The number of ether oxygens (including phenoxy) is 2. The molecule has 0 fully saturated rings. The van der Waals surface area contributed by atoms with Crippen LogP contribution >= 0.6 is 0 Å². The Hall–Kier alpha value is -2.70. The van der Waals surface area contributed by atoms with E-state index in [1.165, 1.54) is 31.2 Å². The van der Waals surface area contributed by atoms with Crippen LogP contribution in [0.25, 0.3) is 0 Å². The van der Waals surface area contributed by atoms with Crippen molar-refractivity contribution in [2.24, 2.45) is 0 Å². The fourth-order valence-electron chi connectivity index (χ4n) is 1.64. The standard InChI is InChI=1S/C14H15NO6/c1-4-20-14(17)9(2)13(21-10(3)16)11-6-5-7-12(8-11)15(18)19/h5-8,13H,2,4H2,1,3H3. The predicted octanol–water partition coefficient (Wildman–Crippen LogP) is 2.32. The second-order valence-corrected chi connectivity index (χ2v) is 4.09. The monoisotopic (exact) mass is 293 g/mol. The highest BCUT2D eigenvalue weighted by Gasteiger charge is 2.26. The summed E-state index contributed by atoms with van der Waals surface area (Å²) in [6, 6.07) is 5.45. The maximum absolute atomic E-state index is 11.7. The van der Waals surface area contributed by atoms with Crippen molar-refractivity contribution < 1.29 is 24.0 Å². The van der Waals surface area contributed by atoms with Crippen molar-refractivity contribution in [3.63, 3.8) is 0 Å². The summed E-state index contributed by atoms with van der Waals surface area (Å²) in [4.78, 5) is 33.1. The van der Waals surface area contributed by atoms with E-state index in [2.05, 4.69) is 6.58 Å². The normalized spacial score (nSPS) is 11.3. The Labute approximate surface area is 121 Å². The van der Waals surface area contributed by atoms with Crippen LogP contribution in [0.5, 0.6) is 0 Å². The van der Waals surface area contributed by atoms with Gasteiger partial charge in [-0.15, -0.1) is 0 Å². The summed E-state index contributed by atoms with van der Waals surface area (Å²) < 4.78 is 9.84. The molecule has 1 rings (SSSR count). The molecule has 0 heterocycles. The van der Waals surface area contributed by atoms with Gasteiger partial charge in [-0.25, -0.2) is 4.79 Å². The first-order valence-electron chi connectivity index (χ1n) is 6.14. The average Bonchev–Trinajstić information content (AvgIpc) is 2.44. The van der Waals surface area contributed by atoms with Gasteiger partial charge < -0.3 is 9.47 Å². The van der Waals surface area contributed by atoms with Crippen LogP contribution in [-0.4, -0.2) is 23.5 Å². The summed E-state index contributed by atoms with van der Waals surface area (Å²) in [6.07, 6.45) is -1.12. The molecule has 1 atom stereocenters. The van der Waals surface area contributed by atoms with E-state index in [1.54, 1.807) is 6.92 Å². The number of hydrogen-bond donors (Lipinski definition) is 0. The number of nitro benzene ring substituents is 1. The van der Waals surface area contributed by atoms with Gasteiger partial charge in [-0.05, 0) is 6.92 Å². The summed E-state index contributed by atoms with van der Waals surface area (Å²) in [5, 5.41) is 10.8. The SMILES string of the molecule is C=C(C(=O)OCC)C(OC(C)=O)c1cccc([N+](=O)[O-])c1. The van der Waals surface area contributed by atoms with E-state index in [1.807, 2.05) is 0 Å². The molecule has 7 nitrogen and oxygen atoms in total. The maximum atomic E-state index is 11.7. The fraction of sp³-hybridized carbons (Fsp3) is 0.286. The molecule has 1 unspecified atom stereocenters. The molecule has 0 saturated heterocycles. The third kappa shape index (κ3) is 4.41. The molecule has 0 aromatic heterocycles. The van der Waals surface area contributed by atoms with Crippen LogP contribution in [0.3, 0.4) is 0 Å². The Balaban J connectivity index is 3.16. The number of non-ortho nitro benzene ring substituents is 1. The highest BCUT2D eigenvalue weighted by Crippen LogP contribution is 2.28.